The highest BCUT2D eigenvalue weighted by Crippen LogP contribution is 2.27. The van der Waals surface area contributed by atoms with E-state index < -0.39 is 31.6 Å². The molecule has 0 aliphatic carbocycles. The Labute approximate surface area is 175 Å². The summed E-state index contributed by atoms with van der Waals surface area (Å²) in [6.45, 7) is 1.67. The summed E-state index contributed by atoms with van der Waals surface area (Å²) in [4.78, 5) is 12.4. The molecule has 0 atom stereocenters. The SMILES string of the molecule is CCS(=O)(=O)c1ccccc1NC(=O)C1CCN(S(=O)(=O)c2ccccc2F)CC1. The van der Waals surface area contributed by atoms with Gasteiger partial charge in [-0.05, 0) is 37.1 Å². The smallest absolute Gasteiger partial charge is 0.245 e. The molecule has 0 spiro atoms. The van der Waals surface area contributed by atoms with Gasteiger partial charge in [0.15, 0.2) is 9.84 Å². The third-order valence-corrected chi connectivity index (χ3v) is 8.86. The van der Waals surface area contributed by atoms with Crippen LogP contribution in [0.4, 0.5) is 10.1 Å². The fourth-order valence-electron chi connectivity index (χ4n) is 3.38. The Bertz CT molecular complexity index is 1140. The van der Waals surface area contributed by atoms with Gasteiger partial charge < -0.3 is 5.32 Å². The summed E-state index contributed by atoms with van der Waals surface area (Å²) >= 11 is 0. The highest BCUT2D eigenvalue weighted by atomic mass is 32.2. The molecule has 2 aromatic rings. The highest BCUT2D eigenvalue weighted by molar-refractivity contribution is 7.91. The molecule has 162 valence electrons. The second-order valence-corrected chi connectivity index (χ2v) is 11.2. The molecule has 0 radical (unpaired) electrons. The van der Waals surface area contributed by atoms with Crippen LogP contribution in [0, 0.1) is 11.7 Å². The molecule has 2 aromatic carbocycles. The van der Waals surface area contributed by atoms with Gasteiger partial charge in [0.1, 0.15) is 10.7 Å². The summed E-state index contributed by atoms with van der Waals surface area (Å²) in [7, 11) is -7.49. The molecule has 3 rings (SSSR count). The minimum atomic E-state index is -3.98. The van der Waals surface area contributed by atoms with Crippen molar-refractivity contribution < 1.29 is 26.0 Å². The van der Waals surface area contributed by atoms with Gasteiger partial charge in [0.25, 0.3) is 0 Å². The van der Waals surface area contributed by atoms with Crippen molar-refractivity contribution in [1.29, 1.82) is 0 Å². The van der Waals surface area contributed by atoms with Crippen molar-refractivity contribution in [3.8, 4) is 0 Å². The number of halogens is 1. The maximum absolute atomic E-state index is 13.9. The summed E-state index contributed by atoms with van der Waals surface area (Å²) in [6.07, 6.45) is 0.504. The first-order chi connectivity index (χ1) is 14.2. The van der Waals surface area contributed by atoms with Gasteiger partial charge in [-0.3, -0.25) is 4.79 Å². The molecule has 10 heteroatoms. The lowest BCUT2D eigenvalue weighted by Crippen LogP contribution is -2.41. The Kier molecular flexibility index (Phi) is 6.59. The van der Waals surface area contributed by atoms with Crippen LogP contribution in [-0.4, -0.2) is 45.9 Å². The van der Waals surface area contributed by atoms with Crippen LogP contribution in [-0.2, 0) is 24.7 Å². The summed E-state index contributed by atoms with van der Waals surface area (Å²) in [5.41, 5.74) is 0.214. The fraction of sp³-hybridized carbons (Fsp3) is 0.350. The van der Waals surface area contributed by atoms with Crippen LogP contribution in [0.25, 0.3) is 0 Å². The van der Waals surface area contributed by atoms with E-state index in [1.807, 2.05) is 0 Å². The molecule has 0 bridgehead atoms. The number of carbonyl (C=O) groups excluding carboxylic acids is 1. The number of hydrogen-bond donors (Lipinski definition) is 1. The number of para-hydroxylation sites is 1. The third kappa shape index (κ3) is 4.55. The van der Waals surface area contributed by atoms with Crippen molar-refractivity contribution in [1.82, 2.24) is 4.31 Å². The number of piperidine rings is 1. The minimum Gasteiger partial charge on any atom is -0.325 e. The van der Waals surface area contributed by atoms with E-state index in [4.69, 9.17) is 0 Å². The second kappa shape index (κ2) is 8.83. The number of sulfonamides is 1. The van der Waals surface area contributed by atoms with E-state index in [1.54, 1.807) is 12.1 Å². The number of hydrogen-bond acceptors (Lipinski definition) is 5. The zero-order valence-electron chi connectivity index (χ0n) is 16.4. The van der Waals surface area contributed by atoms with E-state index in [0.29, 0.717) is 0 Å². The van der Waals surface area contributed by atoms with E-state index in [2.05, 4.69) is 5.32 Å². The molecule has 0 unspecified atom stereocenters. The lowest BCUT2D eigenvalue weighted by Gasteiger charge is -2.30. The molecule has 7 nitrogen and oxygen atoms in total. The van der Waals surface area contributed by atoms with Gasteiger partial charge in [0.05, 0.1) is 16.3 Å². The van der Waals surface area contributed by atoms with Gasteiger partial charge in [0.2, 0.25) is 15.9 Å². The van der Waals surface area contributed by atoms with Gasteiger partial charge in [-0.15, -0.1) is 0 Å². The molecule has 0 aromatic heterocycles. The molecule has 1 aliphatic rings. The van der Waals surface area contributed by atoms with Crippen molar-refractivity contribution >= 4 is 31.5 Å². The number of anilines is 1. The summed E-state index contributed by atoms with van der Waals surface area (Å²) < 4.78 is 64.9. The summed E-state index contributed by atoms with van der Waals surface area (Å²) in [6, 6.07) is 11.4. The van der Waals surface area contributed by atoms with Gasteiger partial charge >= 0.3 is 0 Å². The lowest BCUT2D eigenvalue weighted by molar-refractivity contribution is -0.120. The van der Waals surface area contributed by atoms with Crippen LogP contribution >= 0.6 is 0 Å². The molecule has 1 amide bonds. The maximum Gasteiger partial charge on any atom is 0.245 e. The molecule has 0 saturated carbocycles. The van der Waals surface area contributed by atoms with Crippen molar-refractivity contribution in [2.75, 3.05) is 24.2 Å². The minimum absolute atomic E-state index is 0.0559. The van der Waals surface area contributed by atoms with Crippen molar-refractivity contribution in [3.63, 3.8) is 0 Å². The Hall–Kier alpha value is -2.30. The van der Waals surface area contributed by atoms with E-state index in [9.17, 15) is 26.0 Å². The van der Waals surface area contributed by atoms with Crippen molar-refractivity contribution in [2.45, 2.75) is 29.6 Å². The number of carbonyl (C=O) groups is 1. The number of benzene rings is 2. The van der Waals surface area contributed by atoms with Crippen molar-refractivity contribution in [3.05, 3.63) is 54.3 Å². The number of nitrogens with zero attached hydrogens (tertiary/aromatic N) is 1. The average molecular weight is 455 g/mol. The van der Waals surface area contributed by atoms with Crippen LogP contribution < -0.4 is 5.32 Å². The zero-order chi connectivity index (χ0) is 21.9. The average Bonchev–Trinajstić information content (AvgIpc) is 2.74. The van der Waals surface area contributed by atoms with Gasteiger partial charge in [-0.2, -0.15) is 4.31 Å². The third-order valence-electron chi connectivity index (χ3n) is 5.14. The molecule has 1 fully saturated rings. The Morgan fingerprint density at radius 1 is 1.00 bits per heavy atom. The van der Waals surface area contributed by atoms with Crippen LogP contribution in [0.2, 0.25) is 0 Å². The Morgan fingerprint density at radius 2 is 1.57 bits per heavy atom. The maximum atomic E-state index is 13.9. The second-order valence-electron chi connectivity index (χ2n) is 7.00. The fourth-order valence-corrected chi connectivity index (χ4v) is 5.97. The topological polar surface area (TPSA) is 101 Å². The molecule has 1 saturated heterocycles. The molecule has 30 heavy (non-hydrogen) atoms. The van der Waals surface area contributed by atoms with E-state index in [0.717, 1.165) is 6.07 Å². The lowest BCUT2D eigenvalue weighted by atomic mass is 9.97. The van der Waals surface area contributed by atoms with Crippen LogP contribution in [0.3, 0.4) is 0 Å². The standard InChI is InChI=1S/C20H23FN2O5S2/c1-2-29(25,26)19-10-6-4-8-17(19)22-20(24)15-11-13-23(14-12-15)30(27,28)18-9-5-3-7-16(18)21/h3-10,15H,2,11-14H2,1H3,(H,22,24). The van der Waals surface area contributed by atoms with Crippen molar-refractivity contribution in [2.24, 2.45) is 5.92 Å². The number of nitrogens with one attached hydrogen (secondary N) is 1. The van der Waals surface area contributed by atoms with E-state index >= 15 is 0 Å². The Morgan fingerprint density at radius 3 is 2.17 bits per heavy atom. The number of amides is 1. The Balaban J connectivity index is 1.69. The first-order valence-electron chi connectivity index (χ1n) is 9.54. The van der Waals surface area contributed by atoms with Gasteiger partial charge in [-0.1, -0.05) is 31.2 Å². The quantitative estimate of drug-likeness (QED) is 0.723. The first kappa shape index (κ1) is 22.4. The molecule has 1 aliphatic heterocycles. The normalized spacial score (nSPS) is 16.3. The molecular formula is C20H23FN2O5S2. The van der Waals surface area contributed by atoms with E-state index in [-0.39, 0.29) is 53.1 Å². The molecular weight excluding hydrogens is 431 g/mol. The van der Waals surface area contributed by atoms with Gasteiger partial charge in [0, 0.05) is 19.0 Å². The largest absolute Gasteiger partial charge is 0.325 e. The summed E-state index contributed by atoms with van der Waals surface area (Å²) in [5, 5.41) is 2.67. The molecule has 1 heterocycles. The van der Waals surface area contributed by atoms with E-state index in [1.165, 1.54) is 41.6 Å². The van der Waals surface area contributed by atoms with Crippen LogP contribution in [0.15, 0.2) is 58.3 Å². The monoisotopic (exact) mass is 454 g/mol. The number of sulfone groups is 1. The number of rotatable bonds is 6. The zero-order valence-corrected chi connectivity index (χ0v) is 18.0. The molecule has 1 N–H and O–H groups in total. The predicted octanol–water partition coefficient (Wildman–Crippen LogP) is 2.66. The highest BCUT2D eigenvalue weighted by Gasteiger charge is 2.33. The first-order valence-corrected chi connectivity index (χ1v) is 12.6. The predicted molar refractivity (Wildman–Crippen MR) is 111 cm³/mol. The van der Waals surface area contributed by atoms with Crippen LogP contribution in [0.1, 0.15) is 19.8 Å². The van der Waals surface area contributed by atoms with Crippen LogP contribution in [0.5, 0.6) is 0 Å². The van der Waals surface area contributed by atoms with Gasteiger partial charge in [-0.25, -0.2) is 21.2 Å². The summed E-state index contributed by atoms with van der Waals surface area (Å²) in [5.74, 6) is -1.75.